The second kappa shape index (κ2) is 7.58. The van der Waals surface area contributed by atoms with E-state index in [0.717, 1.165) is 12.5 Å². The van der Waals surface area contributed by atoms with Crippen LogP contribution in [0.1, 0.15) is 56.4 Å². The van der Waals surface area contributed by atoms with Crippen molar-refractivity contribution in [1.82, 2.24) is 5.32 Å². The van der Waals surface area contributed by atoms with Crippen molar-refractivity contribution in [3.63, 3.8) is 0 Å². The van der Waals surface area contributed by atoms with Crippen LogP contribution in [0, 0.1) is 5.92 Å². The van der Waals surface area contributed by atoms with E-state index in [1.54, 1.807) is 0 Å². The molecule has 0 bridgehead atoms. The van der Waals surface area contributed by atoms with E-state index in [0.29, 0.717) is 5.92 Å². The zero-order valence-corrected chi connectivity index (χ0v) is 11.7. The van der Waals surface area contributed by atoms with Gasteiger partial charge in [0.1, 0.15) is 0 Å². The van der Waals surface area contributed by atoms with E-state index in [-0.39, 0.29) is 0 Å². The molecule has 1 unspecified atom stereocenters. The van der Waals surface area contributed by atoms with Gasteiger partial charge in [-0.3, -0.25) is 0 Å². The van der Waals surface area contributed by atoms with Gasteiger partial charge >= 0.3 is 0 Å². The fourth-order valence-corrected chi connectivity index (χ4v) is 3.27. The van der Waals surface area contributed by atoms with Crippen molar-refractivity contribution in [2.75, 3.05) is 13.6 Å². The average Bonchev–Trinajstić information content (AvgIpc) is 2.45. The molecule has 0 saturated heterocycles. The quantitative estimate of drug-likeness (QED) is 0.785. The number of likely N-dealkylation sites (N-methyl/N-ethyl adjacent to an activating group) is 1. The van der Waals surface area contributed by atoms with Crippen LogP contribution < -0.4 is 5.32 Å². The Bertz CT molecular complexity index is 314. The minimum atomic E-state index is 0.693. The molecule has 0 heterocycles. The Kier molecular flexibility index (Phi) is 5.73. The highest BCUT2D eigenvalue weighted by Gasteiger charge is 2.16. The number of benzene rings is 1. The van der Waals surface area contributed by atoms with Crippen LogP contribution in [0.2, 0.25) is 0 Å². The Balaban J connectivity index is 1.86. The molecule has 1 fully saturated rings. The minimum Gasteiger partial charge on any atom is -0.319 e. The minimum absolute atomic E-state index is 0.693. The van der Waals surface area contributed by atoms with Crippen molar-refractivity contribution in [3.05, 3.63) is 35.9 Å². The van der Waals surface area contributed by atoms with E-state index >= 15 is 0 Å². The molecule has 2 rings (SSSR count). The second-order valence-corrected chi connectivity index (χ2v) is 5.75. The molecule has 0 radical (unpaired) electrons. The molecule has 1 aromatic carbocycles. The molecule has 1 nitrogen and oxygen atoms in total. The number of hydrogen-bond acceptors (Lipinski definition) is 1. The molecule has 1 heteroatoms. The van der Waals surface area contributed by atoms with Gasteiger partial charge < -0.3 is 5.32 Å². The van der Waals surface area contributed by atoms with E-state index in [1.165, 1.54) is 50.5 Å². The van der Waals surface area contributed by atoms with Crippen molar-refractivity contribution in [2.24, 2.45) is 5.92 Å². The summed E-state index contributed by atoms with van der Waals surface area (Å²) in [7, 11) is 2.07. The van der Waals surface area contributed by atoms with Gasteiger partial charge in [0, 0.05) is 6.54 Å². The van der Waals surface area contributed by atoms with Crippen molar-refractivity contribution in [1.29, 1.82) is 0 Å². The van der Waals surface area contributed by atoms with Crippen LogP contribution in [0.3, 0.4) is 0 Å². The molecule has 0 spiro atoms. The lowest BCUT2D eigenvalue weighted by Gasteiger charge is -2.24. The normalized spacial score (nSPS) is 18.7. The van der Waals surface area contributed by atoms with Gasteiger partial charge in [-0.15, -0.1) is 0 Å². The molecular formula is C17H27N. The third-order valence-electron chi connectivity index (χ3n) is 4.37. The zero-order valence-electron chi connectivity index (χ0n) is 11.7. The van der Waals surface area contributed by atoms with Gasteiger partial charge in [0.25, 0.3) is 0 Å². The van der Waals surface area contributed by atoms with Crippen molar-refractivity contribution in [2.45, 2.75) is 50.9 Å². The monoisotopic (exact) mass is 245 g/mol. The van der Waals surface area contributed by atoms with Crippen LogP contribution in [0.4, 0.5) is 0 Å². The molecular weight excluding hydrogens is 218 g/mol. The lowest BCUT2D eigenvalue weighted by Crippen LogP contribution is -2.18. The van der Waals surface area contributed by atoms with Crippen molar-refractivity contribution >= 4 is 0 Å². The maximum atomic E-state index is 3.35. The fraction of sp³-hybridized carbons (Fsp3) is 0.647. The van der Waals surface area contributed by atoms with Crippen LogP contribution in [-0.2, 0) is 0 Å². The Morgan fingerprint density at radius 1 is 1.11 bits per heavy atom. The first kappa shape index (κ1) is 13.6. The standard InChI is InChI=1S/C17H27N/c1-18-14-17(16-10-6-3-7-11-16)13-12-15-8-4-2-5-9-15/h3,6-7,10-11,15,17-18H,2,4-5,8-9,12-14H2,1H3. The van der Waals surface area contributed by atoms with Crippen LogP contribution in [0.15, 0.2) is 30.3 Å². The van der Waals surface area contributed by atoms with E-state index < -0.39 is 0 Å². The van der Waals surface area contributed by atoms with Gasteiger partial charge in [0.05, 0.1) is 0 Å². The summed E-state index contributed by atoms with van der Waals surface area (Å²) in [5.74, 6) is 1.69. The van der Waals surface area contributed by atoms with Crippen LogP contribution in [-0.4, -0.2) is 13.6 Å². The molecule has 18 heavy (non-hydrogen) atoms. The summed E-state index contributed by atoms with van der Waals surface area (Å²) >= 11 is 0. The molecule has 1 N–H and O–H groups in total. The lowest BCUT2D eigenvalue weighted by atomic mass is 9.83. The lowest BCUT2D eigenvalue weighted by molar-refractivity contribution is 0.322. The molecule has 0 aliphatic heterocycles. The summed E-state index contributed by atoms with van der Waals surface area (Å²) in [6.07, 6.45) is 10.1. The van der Waals surface area contributed by atoms with Crippen LogP contribution in [0.5, 0.6) is 0 Å². The molecule has 1 aromatic rings. The van der Waals surface area contributed by atoms with Gasteiger partial charge in [0.2, 0.25) is 0 Å². The maximum Gasteiger partial charge on any atom is 0.00171 e. The van der Waals surface area contributed by atoms with Gasteiger partial charge in [-0.05, 0) is 37.3 Å². The molecule has 100 valence electrons. The average molecular weight is 245 g/mol. The second-order valence-electron chi connectivity index (χ2n) is 5.75. The van der Waals surface area contributed by atoms with Gasteiger partial charge in [-0.25, -0.2) is 0 Å². The summed E-state index contributed by atoms with van der Waals surface area (Å²) in [5, 5.41) is 3.35. The number of nitrogens with one attached hydrogen (secondary N) is 1. The third-order valence-corrected chi connectivity index (χ3v) is 4.37. The van der Waals surface area contributed by atoms with E-state index in [4.69, 9.17) is 0 Å². The third kappa shape index (κ3) is 4.13. The topological polar surface area (TPSA) is 12.0 Å². The van der Waals surface area contributed by atoms with Gasteiger partial charge in [-0.1, -0.05) is 62.4 Å². The maximum absolute atomic E-state index is 3.35. The summed E-state index contributed by atoms with van der Waals surface area (Å²) in [6.45, 7) is 1.11. The van der Waals surface area contributed by atoms with Crippen molar-refractivity contribution in [3.8, 4) is 0 Å². The Hall–Kier alpha value is -0.820. The molecule has 1 atom stereocenters. The highest BCUT2D eigenvalue weighted by molar-refractivity contribution is 5.19. The molecule has 0 aromatic heterocycles. The summed E-state index contributed by atoms with van der Waals surface area (Å²) < 4.78 is 0. The zero-order chi connectivity index (χ0) is 12.6. The molecule has 1 aliphatic rings. The first-order chi connectivity index (χ1) is 8.90. The fourth-order valence-electron chi connectivity index (χ4n) is 3.27. The van der Waals surface area contributed by atoms with Gasteiger partial charge in [-0.2, -0.15) is 0 Å². The van der Waals surface area contributed by atoms with E-state index in [1.807, 2.05) is 0 Å². The van der Waals surface area contributed by atoms with E-state index in [9.17, 15) is 0 Å². The molecule has 1 saturated carbocycles. The number of hydrogen-bond donors (Lipinski definition) is 1. The largest absolute Gasteiger partial charge is 0.319 e. The molecule has 1 aliphatic carbocycles. The predicted octanol–water partition coefficient (Wildman–Crippen LogP) is 4.35. The predicted molar refractivity (Wildman–Crippen MR) is 78.9 cm³/mol. The van der Waals surface area contributed by atoms with E-state index in [2.05, 4.69) is 42.7 Å². The van der Waals surface area contributed by atoms with Crippen molar-refractivity contribution < 1.29 is 0 Å². The smallest absolute Gasteiger partial charge is 0.00171 e. The number of rotatable bonds is 6. The Morgan fingerprint density at radius 3 is 2.50 bits per heavy atom. The summed E-state index contributed by atoms with van der Waals surface area (Å²) in [6, 6.07) is 11.0. The Morgan fingerprint density at radius 2 is 1.83 bits per heavy atom. The molecule has 0 amide bonds. The highest BCUT2D eigenvalue weighted by atomic mass is 14.8. The Labute approximate surface area is 112 Å². The highest BCUT2D eigenvalue weighted by Crippen LogP contribution is 2.30. The summed E-state index contributed by atoms with van der Waals surface area (Å²) in [4.78, 5) is 0. The SMILES string of the molecule is CNCC(CCC1CCCCC1)c1ccccc1. The first-order valence-corrected chi connectivity index (χ1v) is 7.59. The van der Waals surface area contributed by atoms with Gasteiger partial charge in [0.15, 0.2) is 0 Å². The first-order valence-electron chi connectivity index (χ1n) is 7.59. The van der Waals surface area contributed by atoms with Crippen LogP contribution in [0.25, 0.3) is 0 Å². The summed E-state index contributed by atoms with van der Waals surface area (Å²) in [5.41, 5.74) is 1.50. The van der Waals surface area contributed by atoms with Crippen LogP contribution >= 0.6 is 0 Å².